The highest BCUT2D eigenvalue weighted by Gasteiger charge is 2.33. The normalized spacial score (nSPS) is 21.2. The van der Waals surface area contributed by atoms with E-state index in [1.165, 1.54) is 12.1 Å². The number of phenolic OH excluding ortho intramolecular Hbond substituents is 1. The number of rotatable bonds is 4. The molecule has 8 heteroatoms. The Labute approximate surface area is 184 Å². The molecule has 1 fully saturated rings. The molecule has 166 valence electrons. The number of nitrogens with zero attached hydrogens (tertiary/aromatic N) is 3. The number of aryl methyl sites for hydroxylation is 1. The molecular formula is C24H25N3O5. The fraction of sp³-hybridized carbons (Fsp3) is 0.375. The standard InChI is InChI=1S/C24H25N3O5/c1-13-9-17(28)23-18(29)10-20(31-12-21-25-15-5-3-4-6-16(15)26-21)22(24(23)32-13)14-7-8-27(2)11-19(14)30/h3-6,9-10,14,19,21,29-30H,7-8,11-12H2,1-2H3. The van der Waals surface area contributed by atoms with Crippen molar-refractivity contribution in [3.8, 4) is 11.5 Å². The van der Waals surface area contributed by atoms with Gasteiger partial charge in [-0.1, -0.05) is 12.1 Å². The molecule has 1 saturated heterocycles. The molecule has 2 unspecified atom stereocenters. The minimum absolute atomic E-state index is 0.103. The fourth-order valence-electron chi connectivity index (χ4n) is 4.60. The van der Waals surface area contributed by atoms with Gasteiger partial charge in [-0.05, 0) is 39.1 Å². The molecule has 3 heterocycles. The lowest BCUT2D eigenvalue weighted by molar-refractivity contribution is 0.0627. The van der Waals surface area contributed by atoms with Gasteiger partial charge in [-0.2, -0.15) is 0 Å². The number of hydrogen-bond donors (Lipinski definition) is 2. The van der Waals surface area contributed by atoms with Gasteiger partial charge in [-0.25, -0.2) is 0 Å². The number of aliphatic hydroxyl groups excluding tert-OH is 1. The van der Waals surface area contributed by atoms with E-state index in [0.717, 1.165) is 17.3 Å². The largest absolute Gasteiger partial charge is 0.507 e. The van der Waals surface area contributed by atoms with Crippen LogP contribution in [0, 0.1) is 6.92 Å². The second-order valence-corrected chi connectivity index (χ2v) is 8.50. The summed E-state index contributed by atoms with van der Waals surface area (Å²) in [5, 5.41) is 23.2. The molecule has 0 aliphatic carbocycles. The molecule has 2 aliphatic heterocycles. The van der Waals surface area contributed by atoms with Crippen LogP contribution in [0.2, 0.25) is 0 Å². The number of likely N-dealkylation sites (tertiary alicyclic amines) is 1. The van der Waals surface area contributed by atoms with Crippen LogP contribution in [0.5, 0.6) is 11.5 Å². The monoisotopic (exact) mass is 435 g/mol. The van der Waals surface area contributed by atoms with Gasteiger partial charge < -0.3 is 24.3 Å². The molecule has 0 bridgehead atoms. The van der Waals surface area contributed by atoms with Crippen molar-refractivity contribution in [1.82, 2.24) is 4.90 Å². The molecule has 2 atom stereocenters. The number of phenols is 1. The third kappa shape index (κ3) is 3.65. The summed E-state index contributed by atoms with van der Waals surface area (Å²) in [4.78, 5) is 23.8. The van der Waals surface area contributed by atoms with Crippen molar-refractivity contribution in [2.75, 3.05) is 26.7 Å². The molecule has 5 rings (SSSR count). The van der Waals surface area contributed by atoms with Crippen LogP contribution < -0.4 is 20.9 Å². The van der Waals surface area contributed by atoms with Gasteiger partial charge in [-0.3, -0.25) is 14.8 Å². The Morgan fingerprint density at radius 1 is 1.22 bits per heavy atom. The van der Waals surface area contributed by atoms with Crippen LogP contribution in [0.1, 0.15) is 23.7 Å². The van der Waals surface area contributed by atoms with Crippen LogP contribution in [0.3, 0.4) is 0 Å². The van der Waals surface area contributed by atoms with Crippen LogP contribution in [-0.2, 0) is 0 Å². The zero-order valence-electron chi connectivity index (χ0n) is 18.0. The summed E-state index contributed by atoms with van der Waals surface area (Å²) in [6, 6.07) is 10.4. The summed E-state index contributed by atoms with van der Waals surface area (Å²) < 4.78 is 12.0. The summed E-state index contributed by atoms with van der Waals surface area (Å²) in [7, 11) is 1.96. The van der Waals surface area contributed by atoms with Crippen LogP contribution in [0.15, 0.2) is 55.6 Å². The van der Waals surface area contributed by atoms with Crippen molar-refractivity contribution in [1.29, 1.82) is 0 Å². The first-order valence-corrected chi connectivity index (χ1v) is 10.7. The first kappa shape index (κ1) is 20.7. The lowest BCUT2D eigenvalue weighted by Crippen LogP contribution is -2.40. The Hall–Kier alpha value is -3.23. The maximum Gasteiger partial charge on any atom is 0.196 e. The highest BCUT2D eigenvalue weighted by atomic mass is 16.5. The number of fused-ring (bicyclic) bond motifs is 2. The summed E-state index contributed by atoms with van der Waals surface area (Å²) >= 11 is 0. The molecule has 0 saturated carbocycles. The zero-order valence-corrected chi connectivity index (χ0v) is 18.0. The number of benzene rings is 2. The van der Waals surface area contributed by atoms with Crippen molar-refractivity contribution in [3.63, 3.8) is 0 Å². The molecule has 0 amide bonds. The van der Waals surface area contributed by atoms with E-state index in [0.29, 0.717) is 30.0 Å². The number of hydrogen-bond acceptors (Lipinski definition) is 8. The SMILES string of the molecule is Cc1cc(=O)c2c(O)cc(OCC3N=c4ccccc4=N3)c(C3CCN(C)CC3O)c2o1. The average Bonchev–Trinajstić information content (AvgIpc) is 3.15. The van der Waals surface area contributed by atoms with Gasteiger partial charge in [0, 0.05) is 30.2 Å². The summed E-state index contributed by atoms with van der Waals surface area (Å²) in [6.45, 7) is 3.12. The molecule has 8 nitrogen and oxygen atoms in total. The Bertz CT molecular complexity index is 1330. The Morgan fingerprint density at radius 2 is 1.94 bits per heavy atom. The molecule has 0 radical (unpaired) electrons. The van der Waals surface area contributed by atoms with E-state index < -0.39 is 12.3 Å². The summed E-state index contributed by atoms with van der Waals surface area (Å²) in [5.74, 6) is 0.292. The molecular weight excluding hydrogens is 410 g/mol. The number of aromatic hydroxyl groups is 1. The van der Waals surface area contributed by atoms with Crippen molar-refractivity contribution in [2.24, 2.45) is 9.98 Å². The van der Waals surface area contributed by atoms with Crippen molar-refractivity contribution < 1.29 is 19.4 Å². The summed E-state index contributed by atoms with van der Waals surface area (Å²) in [6.07, 6.45) is -0.417. The van der Waals surface area contributed by atoms with Crippen LogP contribution in [0.25, 0.3) is 11.0 Å². The highest BCUT2D eigenvalue weighted by Crippen LogP contribution is 2.42. The fourth-order valence-corrected chi connectivity index (χ4v) is 4.60. The van der Waals surface area contributed by atoms with E-state index in [2.05, 4.69) is 14.9 Å². The van der Waals surface area contributed by atoms with E-state index in [-0.39, 0.29) is 34.7 Å². The average molecular weight is 435 g/mol. The third-order valence-electron chi connectivity index (χ3n) is 6.11. The number of aliphatic hydroxyl groups is 1. The van der Waals surface area contributed by atoms with Crippen molar-refractivity contribution in [3.05, 3.63) is 68.7 Å². The van der Waals surface area contributed by atoms with Crippen LogP contribution in [-0.4, -0.2) is 54.1 Å². The van der Waals surface area contributed by atoms with Gasteiger partial charge in [0.25, 0.3) is 0 Å². The lowest BCUT2D eigenvalue weighted by Gasteiger charge is -2.34. The predicted octanol–water partition coefficient (Wildman–Crippen LogP) is 1.24. The minimum Gasteiger partial charge on any atom is -0.507 e. The molecule has 0 spiro atoms. The number of ether oxygens (including phenoxy) is 1. The van der Waals surface area contributed by atoms with Crippen molar-refractivity contribution in [2.45, 2.75) is 31.5 Å². The first-order valence-electron chi connectivity index (χ1n) is 10.7. The first-order chi connectivity index (χ1) is 15.4. The van der Waals surface area contributed by atoms with Gasteiger partial charge >= 0.3 is 0 Å². The van der Waals surface area contributed by atoms with Gasteiger partial charge in [0.2, 0.25) is 0 Å². The van der Waals surface area contributed by atoms with E-state index >= 15 is 0 Å². The predicted molar refractivity (Wildman–Crippen MR) is 118 cm³/mol. The molecule has 32 heavy (non-hydrogen) atoms. The third-order valence-corrected chi connectivity index (χ3v) is 6.11. The quantitative estimate of drug-likeness (QED) is 0.639. The van der Waals surface area contributed by atoms with Gasteiger partial charge in [0.15, 0.2) is 11.6 Å². The molecule has 2 aromatic carbocycles. The second kappa shape index (κ2) is 8.03. The smallest absolute Gasteiger partial charge is 0.196 e. The maximum absolute atomic E-state index is 12.6. The summed E-state index contributed by atoms with van der Waals surface area (Å²) in [5.41, 5.74) is 0.546. The van der Waals surface area contributed by atoms with Gasteiger partial charge in [0.05, 0.1) is 16.8 Å². The Kier molecular flexibility index (Phi) is 5.19. The van der Waals surface area contributed by atoms with E-state index in [1.807, 2.05) is 31.3 Å². The maximum atomic E-state index is 12.6. The molecule has 2 N–H and O–H groups in total. The topological polar surface area (TPSA) is 108 Å². The van der Waals surface area contributed by atoms with Crippen LogP contribution >= 0.6 is 0 Å². The second-order valence-electron chi connectivity index (χ2n) is 8.50. The number of piperidine rings is 1. The van der Waals surface area contributed by atoms with Gasteiger partial charge in [0.1, 0.15) is 34.8 Å². The molecule has 3 aromatic rings. The molecule has 2 aliphatic rings. The Balaban J connectivity index is 1.58. The number of likely N-dealkylation sites (N-methyl/N-ethyl adjacent to an activating group) is 1. The van der Waals surface area contributed by atoms with E-state index in [1.54, 1.807) is 6.92 Å². The molecule has 1 aromatic heterocycles. The van der Waals surface area contributed by atoms with E-state index in [9.17, 15) is 15.0 Å². The van der Waals surface area contributed by atoms with Crippen LogP contribution in [0.4, 0.5) is 0 Å². The zero-order chi connectivity index (χ0) is 22.4. The lowest BCUT2D eigenvalue weighted by atomic mass is 9.85. The van der Waals surface area contributed by atoms with Gasteiger partial charge in [-0.15, -0.1) is 0 Å². The minimum atomic E-state index is -0.667. The number of β-amino-alcohol motifs (C(OH)–C–C–N with tert-alkyl or cyclic N) is 1. The highest BCUT2D eigenvalue weighted by molar-refractivity contribution is 5.88. The van der Waals surface area contributed by atoms with Crippen molar-refractivity contribution >= 4 is 11.0 Å². The van der Waals surface area contributed by atoms with E-state index in [4.69, 9.17) is 9.15 Å². The Morgan fingerprint density at radius 3 is 2.62 bits per heavy atom. The number of para-hydroxylation sites is 2.